The molecule has 0 spiro atoms. The van der Waals surface area contributed by atoms with Crippen molar-refractivity contribution >= 4 is 15.9 Å². The Morgan fingerprint density at radius 1 is 1.25 bits per heavy atom. The molecule has 0 unspecified atom stereocenters. The van der Waals surface area contributed by atoms with Gasteiger partial charge in [-0.15, -0.1) is 0 Å². The van der Waals surface area contributed by atoms with Gasteiger partial charge in [0.1, 0.15) is 17.7 Å². The van der Waals surface area contributed by atoms with Crippen LogP contribution in [0, 0.1) is 41.4 Å². The van der Waals surface area contributed by atoms with Crippen LogP contribution in [0.1, 0.15) is 42.9 Å². The summed E-state index contributed by atoms with van der Waals surface area (Å²) in [4.78, 5) is 0.138. The molecule has 5 heteroatoms. The predicted molar refractivity (Wildman–Crippen MR) is 109 cm³/mol. The first-order chi connectivity index (χ1) is 13.3. The van der Waals surface area contributed by atoms with Crippen molar-refractivity contribution in [2.45, 2.75) is 33.1 Å². The summed E-state index contributed by atoms with van der Waals surface area (Å²) in [7, 11) is -3.84. The molecule has 0 aromatic heterocycles. The molecule has 1 heterocycles. The van der Waals surface area contributed by atoms with Gasteiger partial charge in [0.05, 0.1) is 9.81 Å². The molecule has 1 aliphatic carbocycles. The van der Waals surface area contributed by atoms with Crippen LogP contribution in [0.2, 0.25) is 0 Å². The van der Waals surface area contributed by atoms with Crippen molar-refractivity contribution in [1.82, 2.24) is 0 Å². The second kappa shape index (κ2) is 7.35. The summed E-state index contributed by atoms with van der Waals surface area (Å²) in [5.74, 6) is 5.91. The maximum absolute atomic E-state index is 13.2. The molecule has 3 rings (SSSR count). The Labute approximate surface area is 165 Å². The van der Waals surface area contributed by atoms with Crippen molar-refractivity contribution in [3.05, 3.63) is 73.6 Å². The summed E-state index contributed by atoms with van der Waals surface area (Å²) in [6.45, 7) is 6.10. The highest BCUT2D eigenvalue weighted by Crippen LogP contribution is 2.44. The van der Waals surface area contributed by atoms with Crippen molar-refractivity contribution in [2.24, 2.45) is 0 Å². The van der Waals surface area contributed by atoms with E-state index in [1.807, 2.05) is 37.3 Å². The fraction of sp³-hybridized carbons (Fsp3) is 0.217. The lowest BCUT2D eigenvalue weighted by atomic mass is 9.95. The molecule has 1 aromatic carbocycles. The van der Waals surface area contributed by atoms with Gasteiger partial charge in [-0.2, -0.15) is 10.5 Å². The third kappa shape index (κ3) is 3.20. The lowest BCUT2D eigenvalue weighted by molar-refractivity contribution is 0.609. The van der Waals surface area contributed by atoms with Crippen molar-refractivity contribution < 1.29 is 8.42 Å². The Morgan fingerprint density at radius 2 is 1.96 bits per heavy atom. The molecule has 0 fully saturated rings. The van der Waals surface area contributed by atoms with Crippen LogP contribution in [0.3, 0.4) is 0 Å². The molecular formula is C23H18N2O2S. The van der Waals surface area contributed by atoms with Gasteiger partial charge in [0.25, 0.3) is 0 Å². The largest absolute Gasteiger partial charge is 0.219 e. The molecule has 0 saturated carbocycles. The van der Waals surface area contributed by atoms with E-state index >= 15 is 0 Å². The molecule has 0 amide bonds. The molecule has 0 radical (unpaired) electrons. The van der Waals surface area contributed by atoms with Gasteiger partial charge in [-0.3, -0.25) is 0 Å². The molecule has 1 aliphatic heterocycles. The third-order valence-corrected chi connectivity index (χ3v) is 6.75. The Morgan fingerprint density at radius 3 is 2.57 bits per heavy atom. The summed E-state index contributed by atoms with van der Waals surface area (Å²) in [6, 6.07) is 9.56. The van der Waals surface area contributed by atoms with Crippen LogP contribution in [0.25, 0.3) is 6.08 Å². The molecule has 4 nitrogen and oxygen atoms in total. The standard InChI is InChI=1S/C23H18N2O2S/c1-15(2)17-9-10-18(16(3)11-17)12-22-23(19(13-24)14-25)20-7-5-4-6-8-21(20)28(22,26)27/h5,7,9-12,15H,8H2,1-3H3/b22-12-. The fourth-order valence-electron chi connectivity index (χ4n) is 3.27. The topological polar surface area (TPSA) is 81.7 Å². The van der Waals surface area contributed by atoms with Crippen LogP contribution in [-0.4, -0.2) is 8.42 Å². The molecule has 0 bridgehead atoms. The maximum Gasteiger partial charge on any atom is 0.205 e. The Bertz CT molecular complexity index is 1230. The van der Waals surface area contributed by atoms with Crippen molar-refractivity contribution in [2.75, 3.05) is 0 Å². The van der Waals surface area contributed by atoms with Crippen molar-refractivity contribution in [3.8, 4) is 24.0 Å². The minimum atomic E-state index is -3.84. The van der Waals surface area contributed by atoms with Crippen molar-refractivity contribution in [1.29, 1.82) is 10.5 Å². The van der Waals surface area contributed by atoms with Gasteiger partial charge in [0, 0.05) is 17.6 Å². The number of hydrogen-bond acceptors (Lipinski definition) is 4. The van der Waals surface area contributed by atoms with Crippen LogP contribution in [0.5, 0.6) is 0 Å². The summed E-state index contributed by atoms with van der Waals surface area (Å²) >= 11 is 0. The number of rotatable bonds is 2. The van der Waals surface area contributed by atoms with E-state index in [9.17, 15) is 18.9 Å². The third-order valence-electron chi connectivity index (χ3n) is 4.84. The highest BCUT2D eigenvalue weighted by atomic mass is 32.2. The van der Waals surface area contributed by atoms with Gasteiger partial charge in [0.2, 0.25) is 9.84 Å². The van der Waals surface area contributed by atoms with E-state index in [0.717, 1.165) is 16.7 Å². The van der Waals surface area contributed by atoms with E-state index in [2.05, 4.69) is 25.7 Å². The number of nitriles is 2. The van der Waals surface area contributed by atoms with Crippen LogP contribution >= 0.6 is 0 Å². The number of sulfone groups is 1. The van der Waals surface area contributed by atoms with Gasteiger partial charge in [-0.05, 0) is 47.8 Å². The number of aryl methyl sites for hydroxylation is 1. The highest BCUT2D eigenvalue weighted by Gasteiger charge is 2.39. The van der Waals surface area contributed by atoms with Crippen LogP contribution in [0.15, 0.2) is 56.9 Å². The maximum atomic E-state index is 13.2. The minimum Gasteiger partial charge on any atom is -0.219 e. The van der Waals surface area contributed by atoms with E-state index < -0.39 is 9.84 Å². The minimum absolute atomic E-state index is 0.00986. The van der Waals surface area contributed by atoms with E-state index in [1.54, 1.807) is 18.2 Å². The number of hydrogen-bond donors (Lipinski definition) is 0. The average molecular weight is 386 g/mol. The fourth-order valence-corrected chi connectivity index (χ4v) is 5.02. The molecule has 0 atom stereocenters. The Hall–Kier alpha value is -3.33. The molecule has 0 saturated heterocycles. The van der Waals surface area contributed by atoms with E-state index in [4.69, 9.17) is 0 Å². The lowest BCUT2D eigenvalue weighted by Crippen LogP contribution is -2.03. The SMILES string of the molecule is Cc1cc(C(C)C)ccc1/C=C1/C(=C(C#N)C#N)C2=C(CC#CC=C2)S1(=O)=O. The summed E-state index contributed by atoms with van der Waals surface area (Å²) in [5, 5.41) is 18.8. The van der Waals surface area contributed by atoms with E-state index in [-0.39, 0.29) is 27.4 Å². The van der Waals surface area contributed by atoms with Gasteiger partial charge < -0.3 is 0 Å². The first-order valence-corrected chi connectivity index (χ1v) is 10.3. The molecule has 1 aromatic rings. The lowest BCUT2D eigenvalue weighted by Gasteiger charge is -2.10. The molecule has 28 heavy (non-hydrogen) atoms. The van der Waals surface area contributed by atoms with Crippen LogP contribution < -0.4 is 0 Å². The van der Waals surface area contributed by atoms with Crippen LogP contribution in [0.4, 0.5) is 0 Å². The Kier molecular flexibility index (Phi) is 5.10. The predicted octanol–water partition coefficient (Wildman–Crippen LogP) is 4.45. The van der Waals surface area contributed by atoms with Gasteiger partial charge in [-0.25, -0.2) is 8.42 Å². The second-order valence-electron chi connectivity index (χ2n) is 6.92. The number of allylic oxidation sites excluding steroid dienone is 6. The monoisotopic (exact) mass is 386 g/mol. The normalized spacial score (nSPS) is 18.2. The smallest absolute Gasteiger partial charge is 0.205 e. The zero-order valence-electron chi connectivity index (χ0n) is 15.9. The number of nitrogens with zero attached hydrogens (tertiary/aromatic N) is 2. The average Bonchev–Trinajstić information content (AvgIpc) is 2.83. The summed E-state index contributed by atoms with van der Waals surface area (Å²) < 4.78 is 26.5. The highest BCUT2D eigenvalue weighted by molar-refractivity contribution is 7.99. The molecular weight excluding hydrogens is 368 g/mol. The van der Waals surface area contributed by atoms with Crippen molar-refractivity contribution in [3.63, 3.8) is 0 Å². The summed E-state index contributed by atoms with van der Waals surface area (Å²) in [5.41, 5.74) is 3.14. The Balaban J connectivity index is 2.29. The zero-order valence-corrected chi connectivity index (χ0v) is 16.7. The molecule has 2 aliphatic rings. The van der Waals surface area contributed by atoms with Crippen LogP contribution in [-0.2, 0) is 9.84 Å². The number of benzene rings is 1. The van der Waals surface area contributed by atoms with Gasteiger partial charge in [-0.1, -0.05) is 43.9 Å². The first kappa shape index (κ1) is 19.4. The zero-order chi connectivity index (χ0) is 20.5. The summed E-state index contributed by atoms with van der Waals surface area (Å²) in [6.07, 6.45) is 4.75. The second-order valence-corrected chi connectivity index (χ2v) is 8.86. The van der Waals surface area contributed by atoms with E-state index in [1.165, 1.54) is 0 Å². The van der Waals surface area contributed by atoms with E-state index in [0.29, 0.717) is 11.5 Å². The van der Waals surface area contributed by atoms with Gasteiger partial charge in [0.15, 0.2) is 0 Å². The quantitative estimate of drug-likeness (QED) is 0.555. The van der Waals surface area contributed by atoms with Gasteiger partial charge >= 0.3 is 0 Å². The first-order valence-electron chi connectivity index (χ1n) is 8.82. The molecule has 138 valence electrons. The molecule has 0 N–H and O–H groups in total.